The molecule has 0 bridgehead atoms. The van der Waals surface area contributed by atoms with Crippen molar-refractivity contribution in [1.82, 2.24) is 4.90 Å². The first kappa shape index (κ1) is 13.2. The molecule has 1 N–H and O–H groups in total. The molecule has 0 saturated heterocycles. The molecule has 0 spiro atoms. The number of hydrogen-bond donors (Lipinski definition) is 1. The van der Waals surface area contributed by atoms with Gasteiger partial charge in [0.05, 0.1) is 6.61 Å². The fourth-order valence-corrected chi connectivity index (χ4v) is 0.969. The molecule has 4 heteroatoms. The van der Waals surface area contributed by atoms with Gasteiger partial charge in [0.1, 0.15) is 0 Å². The van der Waals surface area contributed by atoms with Crippen LogP contribution in [0, 0.1) is 5.92 Å². The lowest BCUT2D eigenvalue weighted by Gasteiger charge is -2.20. The molecule has 0 aliphatic carbocycles. The molecule has 0 saturated carbocycles. The molecule has 0 radical (unpaired) electrons. The van der Waals surface area contributed by atoms with Gasteiger partial charge in [-0.3, -0.25) is 0 Å². The van der Waals surface area contributed by atoms with Crippen molar-refractivity contribution in [1.29, 1.82) is 0 Å². The van der Waals surface area contributed by atoms with Crippen molar-refractivity contribution >= 4 is 6.09 Å². The third-order valence-corrected chi connectivity index (χ3v) is 1.77. The SMILES string of the molecule is CCN(CCCO)C(=O)OCC(C)C. The summed E-state index contributed by atoms with van der Waals surface area (Å²) in [5, 5.41) is 8.63. The molecule has 0 fully saturated rings. The average Bonchev–Trinajstić information content (AvgIpc) is 2.16. The first-order valence-corrected chi connectivity index (χ1v) is 5.14. The molecule has 0 aliphatic heterocycles. The van der Waals surface area contributed by atoms with Crippen LogP contribution in [-0.4, -0.2) is 42.4 Å². The largest absolute Gasteiger partial charge is 0.449 e. The van der Waals surface area contributed by atoms with E-state index >= 15 is 0 Å². The maximum absolute atomic E-state index is 11.4. The number of amides is 1. The third-order valence-electron chi connectivity index (χ3n) is 1.77. The van der Waals surface area contributed by atoms with Crippen LogP contribution < -0.4 is 0 Å². The summed E-state index contributed by atoms with van der Waals surface area (Å²) < 4.78 is 5.06. The smallest absolute Gasteiger partial charge is 0.409 e. The van der Waals surface area contributed by atoms with E-state index < -0.39 is 0 Å². The summed E-state index contributed by atoms with van der Waals surface area (Å²) in [6.45, 7) is 7.63. The van der Waals surface area contributed by atoms with Gasteiger partial charge in [0.15, 0.2) is 0 Å². The van der Waals surface area contributed by atoms with Gasteiger partial charge in [0, 0.05) is 19.7 Å². The molecule has 0 aliphatic rings. The van der Waals surface area contributed by atoms with Crippen LogP contribution >= 0.6 is 0 Å². The molecule has 0 heterocycles. The van der Waals surface area contributed by atoms with Crippen LogP contribution in [0.2, 0.25) is 0 Å². The van der Waals surface area contributed by atoms with E-state index in [4.69, 9.17) is 9.84 Å². The van der Waals surface area contributed by atoms with E-state index in [2.05, 4.69) is 0 Å². The number of carbonyl (C=O) groups is 1. The summed E-state index contributed by atoms with van der Waals surface area (Å²) in [5.41, 5.74) is 0. The minimum atomic E-state index is -0.283. The maximum Gasteiger partial charge on any atom is 0.409 e. The van der Waals surface area contributed by atoms with E-state index in [-0.39, 0.29) is 12.7 Å². The lowest BCUT2D eigenvalue weighted by Crippen LogP contribution is -2.33. The van der Waals surface area contributed by atoms with Crippen molar-refractivity contribution in [3.8, 4) is 0 Å². The van der Waals surface area contributed by atoms with Crippen LogP contribution in [0.1, 0.15) is 27.2 Å². The normalized spacial score (nSPS) is 10.4. The first-order valence-electron chi connectivity index (χ1n) is 5.14. The molecule has 0 aromatic carbocycles. The van der Waals surface area contributed by atoms with Crippen molar-refractivity contribution in [2.24, 2.45) is 5.92 Å². The van der Waals surface area contributed by atoms with Gasteiger partial charge < -0.3 is 14.7 Å². The van der Waals surface area contributed by atoms with Gasteiger partial charge in [-0.05, 0) is 19.3 Å². The second-order valence-electron chi connectivity index (χ2n) is 3.63. The minimum absolute atomic E-state index is 0.105. The predicted octanol–water partition coefficient (Wildman–Crippen LogP) is 1.48. The van der Waals surface area contributed by atoms with E-state index in [9.17, 15) is 4.79 Å². The fourth-order valence-electron chi connectivity index (χ4n) is 0.969. The number of hydrogen-bond acceptors (Lipinski definition) is 3. The van der Waals surface area contributed by atoms with Crippen molar-refractivity contribution < 1.29 is 14.6 Å². The molecule has 0 unspecified atom stereocenters. The Hall–Kier alpha value is -0.770. The Morgan fingerprint density at radius 1 is 1.50 bits per heavy atom. The highest BCUT2D eigenvalue weighted by Crippen LogP contribution is 1.99. The molecule has 4 nitrogen and oxygen atoms in total. The number of aliphatic hydroxyl groups excluding tert-OH is 1. The van der Waals surface area contributed by atoms with Gasteiger partial charge >= 0.3 is 6.09 Å². The zero-order chi connectivity index (χ0) is 11.0. The van der Waals surface area contributed by atoms with Crippen LogP contribution in [0.5, 0.6) is 0 Å². The highest BCUT2D eigenvalue weighted by atomic mass is 16.6. The van der Waals surface area contributed by atoms with Crippen LogP contribution in [0.4, 0.5) is 4.79 Å². The highest BCUT2D eigenvalue weighted by molar-refractivity contribution is 5.67. The third kappa shape index (κ3) is 5.80. The Labute approximate surface area is 85.9 Å². The molecule has 84 valence electrons. The second-order valence-corrected chi connectivity index (χ2v) is 3.63. The van der Waals surface area contributed by atoms with Crippen LogP contribution in [-0.2, 0) is 4.74 Å². The van der Waals surface area contributed by atoms with E-state index in [0.29, 0.717) is 32.0 Å². The summed E-state index contributed by atoms with van der Waals surface area (Å²) in [6.07, 6.45) is 0.319. The average molecular weight is 203 g/mol. The topological polar surface area (TPSA) is 49.8 Å². The number of aliphatic hydroxyl groups is 1. The maximum atomic E-state index is 11.4. The van der Waals surface area contributed by atoms with Crippen LogP contribution in [0.15, 0.2) is 0 Å². The Bertz CT molecular complexity index is 159. The zero-order valence-corrected chi connectivity index (χ0v) is 9.32. The van der Waals surface area contributed by atoms with Gasteiger partial charge in [-0.1, -0.05) is 13.8 Å². The number of nitrogens with zero attached hydrogens (tertiary/aromatic N) is 1. The quantitative estimate of drug-likeness (QED) is 0.711. The van der Waals surface area contributed by atoms with Crippen molar-refractivity contribution in [2.75, 3.05) is 26.3 Å². The molecule has 1 amide bonds. The minimum Gasteiger partial charge on any atom is -0.449 e. The van der Waals surface area contributed by atoms with Gasteiger partial charge in [0.25, 0.3) is 0 Å². The van der Waals surface area contributed by atoms with E-state index in [0.717, 1.165) is 0 Å². The van der Waals surface area contributed by atoms with Crippen LogP contribution in [0.3, 0.4) is 0 Å². The number of ether oxygens (including phenoxy) is 1. The molecular weight excluding hydrogens is 182 g/mol. The molecule has 0 aromatic heterocycles. The fraction of sp³-hybridized carbons (Fsp3) is 0.900. The summed E-state index contributed by atoms with van der Waals surface area (Å²) in [7, 11) is 0. The molecular formula is C10H21NO3. The van der Waals surface area contributed by atoms with Gasteiger partial charge in [-0.15, -0.1) is 0 Å². The monoisotopic (exact) mass is 203 g/mol. The number of rotatable bonds is 6. The summed E-state index contributed by atoms with van der Waals surface area (Å²) >= 11 is 0. The van der Waals surface area contributed by atoms with Gasteiger partial charge in [-0.2, -0.15) is 0 Å². The van der Waals surface area contributed by atoms with Gasteiger partial charge in [0.2, 0.25) is 0 Å². The molecule has 0 atom stereocenters. The van der Waals surface area contributed by atoms with Gasteiger partial charge in [-0.25, -0.2) is 4.79 Å². The summed E-state index contributed by atoms with van der Waals surface area (Å²) in [6, 6.07) is 0. The highest BCUT2D eigenvalue weighted by Gasteiger charge is 2.12. The molecule has 0 rings (SSSR count). The Kier molecular flexibility index (Phi) is 7.20. The standard InChI is InChI=1S/C10H21NO3/c1-4-11(6-5-7-12)10(13)14-8-9(2)3/h9,12H,4-8H2,1-3H3. The van der Waals surface area contributed by atoms with E-state index in [1.54, 1.807) is 4.90 Å². The zero-order valence-electron chi connectivity index (χ0n) is 9.32. The summed E-state index contributed by atoms with van der Waals surface area (Å²) in [4.78, 5) is 13.0. The Morgan fingerprint density at radius 3 is 2.57 bits per heavy atom. The molecule has 0 aromatic rings. The lowest BCUT2D eigenvalue weighted by atomic mass is 10.2. The summed E-state index contributed by atoms with van der Waals surface area (Å²) in [5.74, 6) is 0.357. The van der Waals surface area contributed by atoms with Crippen molar-refractivity contribution in [3.05, 3.63) is 0 Å². The number of carbonyl (C=O) groups excluding carboxylic acids is 1. The second kappa shape index (κ2) is 7.62. The van der Waals surface area contributed by atoms with E-state index in [1.807, 2.05) is 20.8 Å². The lowest BCUT2D eigenvalue weighted by molar-refractivity contribution is 0.0914. The van der Waals surface area contributed by atoms with Crippen molar-refractivity contribution in [2.45, 2.75) is 27.2 Å². The molecule has 14 heavy (non-hydrogen) atoms. The first-order chi connectivity index (χ1) is 6.61. The predicted molar refractivity (Wildman–Crippen MR) is 55.1 cm³/mol. The Morgan fingerprint density at radius 2 is 2.14 bits per heavy atom. The Balaban J connectivity index is 3.79. The van der Waals surface area contributed by atoms with Crippen molar-refractivity contribution in [3.63, 3.8) is 0 Å². The van der Waals surface area contributed by atoms with Crippen LogP contribution in [0.25, 0.3) is 0 Å². The van der Waals surface area contributed by atoms with E-state index in [1.165, 1.54) is 0 Å².